The van der Waals surface area contributed by atoms with Gasteiger partial charge in [-0.25, -0.2) is 0 Å². The van der Waals surface area contributed by atoms with Crippen molar-refractivity contribution >= 4 is 0 Å². The van der Waals surface area contributed by atoms with Crippen LogP contribution in [-0.4, -0.2) is 69.6 Å². The first-order valence-corrected chi connectivity index (χ1v) is 9.58. The Labute approximate surface area is 146 Å². The maximum Gasteiger partial charge on any atom is 0.111 e. The first kappa shape index (κ1) is 23.8. The van der Waals surface area contributed by atoms with Gasteiger partial charge in [0.05, 0.1) is 12.7 Å². The van der Waals surface area contributed by atoms with Crippen molar-refractivity contribution in [2.24, 2.45) is 0 Å². The lowest BCUT2D eigenvalue weighted by Crippen LogP contribution is -2.49. The van der Waals surface area contributed by atoms with Crippen LogP contribution < -0.4 is 5.32 Å². The molecule has 0 rings (SSSR count). The molecular formula is C18H39NO5. The van der Waals surface area contributed by atoms with E-state index in [4.69, 9.17) is 5.11 Å². The molecular weight excluding hydrogens is 310 g/mol. The molecule has 0 aliphatic heterocycles. The van der Waals surface area contributed by atoms with Crippen LogP contribution in [0.25, 0.3) is 0 Å². The summed E-state index contributed by atoms with van der Waals surface area (Å²) in [5.74, 6) is 0. The van der Waals surface area contributed by atoms with Crippen molar-refractivity contribution in [1.82, 2.24) is 5.32 Å². The zero-order valence-corrected chi connectivity index (χ0v) is 15.2. The first-order chi connectivity index (χ1) is 11.5. The van der Waals surface area contributed by atoms with Gasteiger partial charge in [0.15, 0.2) is 0 Å². The van der Waals surface area contributed by atoms with Crippen molar-refractivity contribution in [3.05, 3.63) is 0 Å². The van der Waals surface area contributed by atoms with Crippen LogP contribution in [0, 0.1) is 0 Å². The zero-order valence-electron chi connectivity index (χ0n) is 15.2. The van der Waals surface area contributed by atoms with Crippen molar-refractivity contribution in [3.63, 3.8) is 0 Å². The fourth-order valence-electron chi connectivity index (χ4n) is 2.67. The quantitative estimate of drug-likeness (QED) is 0.218. The maximum atomic E-state index is 9.73. The molecule has 0 spiro atoms. The second-order valence-electron chi connectivity index (χ2n) is 6.68. The van der Waals surface area contributed by atoms with E-state index >= 15 is 0 Å². The molecule has 6 nitrogen and oxygen atoms in total. The lowest BCUT2D eigenvalue weighted by molar-refractivity contribution is -0.113. The van der Waals surface area contributed by atoms with Crippen molar-refractivity contribution in [2.75, 3.05) is 19.7 Å². The summed E-state index contributed by atoms with van der Waals surface area (Å²) >= 11 is 0. The number of rotatable bonds is 17. The highest BCUT2D eigenvalue weighted by Gasteiger charge is 2.29. The predicted octanol–water partition coefficient (Wildman–Crippen LogP) is 0.933. The highest BCUT2D eigenvalue weighted by Crippen LogP contribution is 2.10. The molecule has 146 valence electrons. The lowest BCUT2D eigenvalue weighted by Gasteiger charge is -2.25. The second-order valence-corrected chi connectivity index (χ2v) is 6.68. The van der Waals surface area contributed by atoms with E-state index < -0.39 is 31.0 Å². The van der Waals surface area contributed by atoms with E-state index in [1.807, 2.05) is 0 Å². The Morgan fingerprint density at radius 1 is 0.667 bits per heavy atom. The third kappa shape index (κ3) is 12.2. The van der Waals surface area contributed by atoms with Crippen molar-refractivity contribution < 1.29 is 25.5 Å². The molecule has 0 heterocycles. The summed E-state index contributed by atoms with van der Waals surface area (Å²) in [7, 11) is 0. The molecule has 4 atom stereocenters. The topological polar surface area (TPSA) is 113 Å². The molecule has 0 amide bonds. The van der Waals surface area contributed by atoms with E-state index in [2.05, 4.69) is 12.2 Å². The molecule has 0 aliphatic rings. The van der Waals surface area contributed by atoms with Gasteiger partial charge in [-0.05, 0) is 13.0 Å². The molecule has 0 aliphatic carbocycles. The fraction of sp³-hybridized carbons (Fsp3) is 1.00. The number of unbranched alkanes of at least 4 members (excludes halogenated alkanes) is 9. The Bertz CT molecular complexity index is 268. The Kier molecular flexibility index (Phi) is 16.1. The van der Waals surface area contributed by atoms with Crippen LogP contribution in [0.5, 0.6) is 0 Å². The summed E-state index contributed by atoms with van der Waals surface area (Å²) in [5, 5.41) is 49.9. The molecule has 0 fully saturated rings. The molecule has 0 saturated carbocycles. The number of hydrogen-bond donors (Lipinski definition) is 6. The third-order valence-electron chi connectivity index (χ3n) is 4.39. The molecule has 0 aromatic carbocycles. The van der Waals surface area contributed by atoms with Crippen LogP contribution >= 0.6 is 0 Å². The normalized spacial score (nSPS) is 16.8. The Morgan fingerprint density at radius 3 is 1.62 bits per heavy atom. The van der Waals surface area contributed by atoms with Gasteiger partial charge in [0.25, 0.3) is 0 Å². The summed E-state index contributed by atoms with van der Waals surface area (Å²) in [6.07, 6.45) is 7.01. The van der Waals surface area contributed by atoms with Crippen molar-refractivity contribution in [1.29, 1.82) is 0 Å². The predicted molar refractivity (Wildman–Crippen MR) is 95.8 cm³/mol. The van der Waals surface area contributed by atoms with Crippen molar-refractivity contribution in [2.45, 2.75) is 95.5 Å². The summed E-state index contributed by atoms with van der Waals surface area (Å²) in [4.78, 5) is 0. The van der Waals surface area contributed by atoms with Crippen molar-refractivity contribution in [3.8, 4) is 0 Å². The second kappa shape index (κ2) is 16.2. The molecule has 0 bridgehead atoms. The van der Waals surface area contributed by atoms with Gasteiger partial charge in [0.2, 0.25) is 0 Å². The number of hydrogen-bond acceptors (Lipinski definition) is 6. The van der Waals surface area contributed by atoms with E-state index in [9.17, 15) is 20.4 Å². The fourth-order valence-corrected chi connectivity index (χ4v) is 2.67. The van der Waals surface area contributed by atoms with Gasteiger partial charge in [-0.15, -0.1) is 0 Å². The molecule has 24 heavy (non-hydrogen) atoms. The summed E-state index contributed by atoms with van der Waals surface area (Å²) in [6.45, 7) is 2.47. The van der Waals surface area contributed by atoms with Gasteiger partial charge in [-0.2, -0.15) is 0 Å². The highest BCUT2D eigenvalue weighted by molar-refractivity contribution is 4.81. The third-order valence-corrected chi connectivity index (χ3v) is 4.39. The molecule has 0 saturated heterocycles. The van der Waals surface area contributed by atoms with Crippen LogP contribution in [-0.2, 0) is 0 Å². The van der Waals surface area contributed by atoms with E-state index in [1.165, 1.54) is 51.4 Å². The summed E-state index contributed by atoms with van der Waals surface area (Å²) < 4.78 is 0. The summed E-state index contributed by atoms with van der Waals surface area (Å²) in [6, 6.07) is 0. The Balaban J connectivity index is 3.43. The van der Waals surface area contributed by atoms with Crippen LogP contribution in [0.2, 0.25) is 0 Å². The number of aliphatic hydroxyl groups is 5. The van der Waals surface area contributed by atoms with Crippen LogP contribution in [0.3, 0.4) is 0 Å². The van der Waals surface area contributed by atoms with E-state index in [1.54, 1.807) is 0 Å². The smallest absolute Gasteiger partial charge is 0.111 e. The molecule has 0 aromatic heterocycles. The molecule has 0 unspecified atom stereocenters. The highest BCUT2D eigenvalue weighted by atomic mass is 16.4. The van der Waals surface area contributed by atoms with Gasteiger partial charge >= 0.3 is 0 Å². The largest absolute Gasteiger partial charge is 0.394 e. The standard InChI is InChI=1S/C18H39NO5/c1-2-3-4-5-6-7-8-9-10-11-12-19-13-15(21)17(23)18(24)16(22)14-20/h15-24H,2-14H2,1H3/t15-,16+,17-,18+/m0/s1. The minimum Gasteiger partial charge on any atom is -0.394 e. The van der Waals surface area contributed by atoms with Gasteiger partial charge in [0.1, 0.15) is 18.3 Å². The Morgan fingerprint density at radius 2 is 1.12 bits per heavy atom. The lowest BCUT2D eigenvalue weighted by atomic mass is 10.0. The summed E-state index contributed by atoms with van der Waals surface area (Å²) in [5.41, 5.74) is 0. The number of aliphatic hydroxyl groups excluding tert-OH is 5. The first-order valence-electron chi connectivity index (χ1n) is 9.58. The van der Waals surface area contributed by atoms with Gasteiger partial charge in [-0.1, -0.05) is 64.7 Å². The molecule has 0 aromatic rings. The van der Waals surface area contributed by atoms with Crippen LogP contribution in [0.1, 0.15) is 71.1 Å². The van der Waals surface area contributed by atoms with E-state index in [0.29, 0.717) is 0 Å². The molecule has 0 radical (unpaired) electrons. The van der Waals surface area contributed by atoms with Gasteiger partial charge in [0, 0.05) is 6.54 Å². The van der Waals surface area contributed by atoms with Gasteiger partial charge in [-0.3, -0.25) is 0 Å². The van der Waals surface area contributed by atoms with Crippen LogP contribution in [0.4, 0.5) is 0 Å². The van der Waals surface area contributed by atoms with Crippen LogP contribution in [0.15, 0.2) is 0 Å². The van der Waals surface area contributed by atoms with Gasteiger partial charge < -0.3 is 30.8 Å². The SMILES string of the molecule is CCCCCCCCCCCCNC[C@H](O)[C@H](O)[C@H](O)[C@H](O)CO. The van der Waals surface area contributed by atoms with E-state index in [0.717, 1.165) is 19.4 Å². The number of nitrogens with one attached hydrogen (secondary N) is 1. The molecule has 6 heteroatoms. The van der Waals surface area contributed by atoms with E-state index in [-0.39, 0.29) is 6.54 Å². The average molecular weight is 350 g/mol. The average Bonchev–Trinajstić information content (AvgIpc) is 2.60. The Hall–Kier alpha value is -0.240. The molecule has 6 N–H and O–H groups in total. The zero-order chi connectivity index (χ0) is 18.2. The minimum absolute atomic E-state index is 0.147. The maximum absolute atomic E-state index is 9.73. The monoisotopic (exact) mass is 349 g/mol. The minimum atomic E-state index is -1.55.